The SMILES string of the molecule is CC.CC.Cc1ccccc1.Cc1cn[nH]n1. The fraction of sp³-hybridized carbons (Fsp3) is 0.429. The Kier molecular flexibility index (Phi) is 15.0. The fourth-order valence-electron chi connectivity index (χ4n) is 0.793. The van der Waals surface area contributed by atoms with Crippen LogP contribution in [0.4, 0.5) is 0 Å². The van der Waals surface area contributed by atoms with Crippen LogP contribution in [0.25, 0.3) is 0 Å². The molecule has 2 rings (SSSR count). The Morgan fingerprint density at radius 1 is 0.882 bits per heavy atom. The molecule has 0 radical (unpaired) electrons. The standard InChI is InChI=1S/C7H8.C3H5N3.2C2H6/c1-7-5-3-2-4-6-7;1-3-2-4-6-5-3;2*1-2/h2-6H,1H3;2H,1H3,(H,4,5,6);2*1-2H3. The van der Waals surface area contributed by atoms with Gasteiger partial charge in [0.05, 0.1) is 11.9 Å². The molecule has 0 atom stereocenters. The molecule has 1 heterocycles. The van der Waals surface area contributed by atoms with Crippen LogP contribution >= 0.6 is 0 Å². The van der Waals surface area contributed by atoms with Gasteiger partial charge in [-0.25, -0.2) is 0 Å². The van der Waals surface area contributed by atoms with Gasteiger partial charge in [-0.15, -0.1) is 0 Å². The highest BCUT2D eigenvalue weighted by atomic mass is 15.3. The average molecular weight is 235 g/mol. The summed E-state index contributed by atoms with van der Waals surface area (Å²) in [5.74, 6) is 0. The summed E-state index contributed by atoms with van der Waals surface area (Å²) in [4.78, 5) is 0. The zero-order valence-electron chi connectivity index (χ0n) is 11.9. The van der Waals surface area contributed by atoms with Crippen LogP contribution in [0.5, 0.6) is 0 Å². The van der Waals surface area contributed by atoms with Gasteiger partial charge in [0.1, 0.15) is 0 Å². The van der Waals surface area contributed by atoms with Crippen molar-refractivity contribution in [2.24, 2.45) is 0 Å². The molecule has 0 aliphatic heterocycles. The molecule has 2 aromatic rings. The van der Waals surface area contributed by atoms with Gasteiger partial charge in [-0.05, 0) is 13.8 Å². The highest BCUT2D eigenvalue weighted by Crippen LogP contribution is 1.92. The van der Waals surface area contributed by atoms with E-state index in [1.54, 1.807) is 6.20 Å². The molecule has 17 heavy (non-hydrogen) atoms. The number of benzene rings is 1. The first-order valence-electron chi connectivity index (χ1n) is 6.13. The van der Waals surface area contributed by atoms with Crippen molar-refractivity contribution in [1.82, 2.24) is 15.4 Å². The van der Waals surface area contributed by atoms with E-state index in [2.05, 4.69) is 34.5 Å². The van der Waals surface area contributed by atoms with Crippen molar-refractivity contribution in [3.8, 4) is 0 Å². The van der Waals surface area contributed by atoms with Crippen LogP contribution in [0.1, 0.15) is 39.0 Å². The summed E-state index contributed by atoms with van der Waals surface area (Å²) in [5, 5.41) is 9.70. The van der Waals surface area contributed by atoms with E-state index in [-0.39, 0.29) is 0 Å². The Labute approximate surface area is 105 Å². The van der Waals surface area contributed by atoms with E-state index in [9.17, 15) is 0 Å². The smallest absolute Gasteiger partial charge is 0.0793 e. The van der Waals surface area contributed by atoms with E-state index < -0.39 is 0 Å². The molecule has 0 amide bonds. The van der Waals surface area contributed by atoms with Gasteiger partial charge in [0, 0.05) is 0 Å². The summed E-state index contributed by atoms with van der Waals surface area (Å²) >= 11 is 0. The predicted molar refractivity (Wildman–Crippen MR) is 75.0 cm³/mol. The van der Waals surface area contributed by atoms with E-state index in [1.165, 1.54) is 5.56 Å². The number of aryl methyl sites for hydroxylation is 2. The second-order valence-electron chi connectivity index (χ2n) is 2.77. The van der Waals surface area contributed by atoms with Gasteiger partial charge in [-0.2, -0.15) is 15.4 Å². The maximum absolute atomic E-state index is 3.68. The van der Waals surface area contributed by atoms with Crippen LogP contribution in [0.15, 0.2) is 36.5 Å². The number of hydrogen-bond donors (Lipinski definition) is 1. The highest BCUT2D eigenvalue weighted by Gasteiger charge is 1.76. The van der Waals surface area contributed by atoms with Crippen molar-refractivity contribution < 1.29 is 0 Å². The third-order valence-corrected chi connectivity index (χ3v) is 1.48. The lowest BCUT2D eigenvalue weighted by atomic mass is 10.2. The molecule has 0 bridgehead atoms. The average Bonchev–Trinajstić information content (AvgIpc) is 2.87. The molecule has 1 N–H and O–H groups in total. The van der Waals surface area contributed by atoms with Crippen molar-refractivity contribution in [1.29, 1.82) is 0 Å². The number of hydrogen-bond acceptors (Lipinski definition) is 2. The van der Waals surface area contributed by atoms with E-state index in [1.807, 2.05) is 52.8 Å². The van der Waals surface area contributed by atoms with Crippen LogP contribution in [0, 0.1) is 13.8 Å². The third-order valence-electron chi connectivity index (χ3n) is 1.48. The number of aromatic nitrogens is 3. The van der Waals surface area contributed by atoms with Crippen LogP contribution in [0.3, 0.4) is 0 Å². The maximum atomic E-state index is 3.68. The molecule has 0 saturated heterocycles. The number of aromatic amines is 1. The topological polar surface area (TPSA) is 41.6 Å². The summed E-state index contributed by atoms with van der Waals surface area (Å²) in [6, 6.07) is 10.3. The molecule has 0 aliphatic rings. The quantitative estimate of drug-likeness (QED) is 0.745. The van der Waals surface area contributed by atoms with Crippen molar-refractivity contribution in [3.63, 3.8) is 0 Å². The first kappa shape index (κ1) is 17.7. The minimum atomic E-state index is 0.926. The van der Waals surface area contributed by atoms with Gasteiger partial charge < -0.3 is 0 Å². The molecule has 1 aromatic carbocycles. The van der Waals surface area contributed by atoms with Crippen molar-refractivity contribution in [2.75, 3.05) is 0 Å². The van der Waals surface area contributed by atoms with Crippen molar-refractivity contribution in [3.05, 3.63) is 47.8 Å². The van der Waals surface area contributed by atoms with Gasteiger partial charge in [-0.1, -0.05) is 63.6 Å². The minimum Gasteiger partial charge on any atom is -0.198 e. The molecule has 0 aliphatic carbocycles. The summed E-state index contributed by atoms with van der Waals surface area (Å²) in [6.45, 7) is 12.0. The molecule has 3 nitrogen and oxygen atoms in total. The van der Waals surface area contributed by atoms with Gasteiger partial charge in [0.15, 0.2) is 0 Å². The predicted octanol–water partition coefficient (Wildman–Crippen LogP) is 4.16. The zero-order valence-corrected chi connectivity index (χ0v) is 11.9. The summed E-state index contributed by atoms with van der Waals surface area (Å²) in [5.41, 5.74) is 2.25. The summed E-state index contributed by atoms with van der Waals surface area (Å²) in [7, 11) is 0. The minimum absolute atomic E-state index is 0.926. The largest absolute Gasteiger partial charge is 0.198 e. The Morgan fingerprint density at radius 3 is 1.59 bits per heavy atom. The molecule has 0 spiro atoms. The van der Waals surface area contributed by atoms with Crippen LogP contribution in [-0.4, -0.2) is 15.4 Å². The van der Waals surface area contributed by atoms with E-state index in [4.69, 9.17) is 0 Å². The first-order chi connectivity index (χ1) is 8.29. The van der Waals surface area contributed by atoms with Gasteiger partial charge in [-0.3, -0.25) is 0 Å². The fourth-order valence-corrected chi connectivity index (χ4v) is 0.793. The maximum Gasteiger partial charge on any atom is 0.0793 e. The first-order valence-corrected chi connectivity index (χ1v) is 6.13. The molecule has 0 unspecified atom stereocenters. The second-order valence-corrected chi connectivity index (χ2v) is 2.77. The zero-order chi connectivity index (χ0) is 13.5. The highest BCUT2D eigenvalue weighted by molar-refractivity contribution is 5.11. The van der Waals surface area contributed by atoms with Gasteiger partial charge in [0.2, 0.25) is 0 Å². The van der Waals surface area contributed by atoms with E-state index in [0.717, 1.165) is 5.69 Å². The van der Waals surface area contributed by atoms with Gasteiger partial charge in [0.25, 0.3) is 0 Å². The molecule has 96 valence electrons. The normalized spacial score (nSPS) is 7.41. The molecule has 0 fully saturated rings. The Hall–Kier alpha value is -1.64. The monoisotopic (exact) mass is 235 g/mol. The molecular weight excluding hydrogens is 210 g/mol. The number of H-pyrrole nitrogens is 1. The summed E-state index contributed by atoms with van der Waals surface area (Å²) < 4.78 is 0. The second kappa shape index (κ2) is 14.4. The third kappa shape index (κ3) is 12.3. The van der Waals surface area contributed by atoms with E-state index >= 15 is 0 Å². The number of nitrogens with zero attached hydrogens (tertiary/aromatic N) is 2. The lowest BCUT2D eigenvalue weighted by Gasteiger charge is -1.82. The number of rotatable bonds is 0. The lowest BCUT2D eigenvalue weighted by Crippen LogP contribution is -1.66. The number of nitrogens with one attached hydrogen (secondary N) is 1. The Morgan fingerprint density at radius 2 is 1.41 bits per heavy atom. The van der Waals surface area contributed by atoms with Crippen LogP contribution in [0.2, 0.25) is 0 Å². The lowest BCUT2D eigenvalue weighted by molar-refractivity contribution is 0.928. The Balaban J connectivity index is 0. The summed E-state index contributed by atoms with van der Waals surface area (Å²) in [6.07, 6.45) is 1.67. The van der Waals surface area contributed by atoms with E-state index in [0.29, 0.717) is 0 Å². The van der Waals surface area contributed by atoms with Crippen LogP contribution < -0.4 is 0 Å². The van der Waals surface area contributed by atoms with Gasteiger partial charge >= 0.3 is 0 Å². The van der Waals surface area contributed by atoms with Crippen LogP contribution in [-0.2, 0) is 0 Å². The molecule has 1 aromatic heterocycles. The molecular formula is C14H25N3. The Bertz CT molecular complexity index is 314. The molecule has 3 heteroatoms. The molecule has 0 saturated carbocycles. The van der Waals surface area contributed by atoms with Crippen molar-refractivity contribution >= 4 is 0 Å². The van der Waals surface area contributed by atoms with Crippen molar-refractivity contribution in [2.45, 2.75) is 41.5 Å².